The molecule has 3 aromatic rings. The van der Waals surface area contributed by atoms with Gasteiger partial charge in [-0.1, -0.05) is 24.3 Å². The molecule has 0 saturated carbocycles. The number of Topliss-reactive ketones (excluding diaryl/α,β-unsaturated/α-hetero) is 1. The Hall–Kier alpha value is -4.89. The Balaban J connectivity index is 0.000000182. The van der Waals surface area contributed by atoms with Gasteiger partial charge in [-0.05, 0) is 67.0 Å². The number of carbonyl (C=O) groups excluding carboxylic acids is 7. The highest BCUT2D eigenvalue weighted by Crippen LogP contribution is 2.43. The lowest BCUT2D eigenvalue weighted by Gasteiger charge is -2.31. The number of nitrogens with one attached hydrogen (secondary N) is 3. The van der Waals surface area contributed by atoms with Crippen LogP contribution < -0.4 is 21.7 Å². The summed E-state index contributed by atoms with van der Waals surface area (Å²) in [6.45, 7) is 1.56. The first-order valence-electron chi connectivity index (χ1n) is 16.0. The fraction of sp³-hybridized carbons (Fsp3) is 0.382. The van der Waals surface area contributed by atoms with Gasteiger partial charge < -0.3 is 21.7 Å². The standard InChI is InChI=1S/C21H21N3O4S.C13H15N3O3S/c1-13(25)22-11-14-4-6-15(7-5-14)17(26)12-24-19(27)21(23-20(24)28)9-2-3-18-16(21)8-10-29-18;14-10(17)3-6-16-11(18)13(15-12(16)19)5-1-2-9-8(13)4-7-20-9/h4-8,10H,2-3,9,11-12H2,1H3,(H,22,25)(H,23,28);4,7H,1-3,5-6H2,(H2,14,17)(H,15,19). The Bertz CT molecular complexity index is 1850. The summed E-state index contributed by atoms with van der Waals surface area (Å²) >= 11 is 3.21. The summed E-state index contributed by atoms with van der Waals surface area (Å²) in [5.74, 6) is -1.57. The zero-order valence-corrected chi connectivity index (χ0v) is 28.5. The maximum Gasteiger partial charge on any atom is 0.325 e. The van der Waals surface area contributed by atoms with Gasteiger partial charge in [0.2, 0.25) is 11.8 Å². The molecule has 7 rings (SSSR count). The van der Waals surface area contributed by atoms with E-state index in [0.29, 0.717) is 24.9 Å². The van der Waals surface area contributed by atoms with Crippen LogP contribution in [-0.2, 0) is 49.6 Å². The van der Waals surface area contributed by atoms with E-state index < -0.39 is 29.0 Å². The number of carbonyl (C=O) groups is 7. The Morgan fingerprint density at radius 2 is 1.35 bits per heavy atom. The second-order valence-corrected chi connectivity index (χ2v) is 14.5. The first-order chi connectivity index (χ1) is 23.4. The fourth-order valence-electron chi connectivity index (χ4n) is 6.92. The van der Waals surface area contributed by atoms with Crippen molar-refractivity contribution in [2.75, 3.05) is 13.1 Å². The first kappa shape index (κ1) is 34.0. The molecule has 4 aliphatic rings. The van der Waals surface area contributed by atoms with Crippen LogP contribution in [0.3, 0.4) is 0 Å². The maximum atomic E-state index is 13.2. The molecule has 49 heavy (non-hydrogen) atoms. The van der Waals surface area contributed by atoms with E-state index in [1.54, 1.807) is 46.9 Å². The average Bonchev–Trinajstić information content (AvgIpc) is 3.85. The van der Waals surface area contributed by atoms with Crippen LogP contribution in [0.1, 0.15) is 75.8 Å². The van der Waals surface area contributed by atoms with Crippen molar-refractivity contribution in [2.24, 2.45) is 5.73 Å². The molecular formula is C34H36N6O7S2. The van der Waals surface area contributed by atoms with Crippen LogP contribution in [0.4, 0.5) is 9.59 Å². The van der Waals surface area contributed by atoms with Crippen LogP contribution in [0, 0.1) is 0 Å². The summed E-state index contributed by atoms with van der Waals surface area (Å²) in [5.41, 5.74) is 6.17. The van der Waals surface area contributed by atoms with Crippen molar-refractivity contribution in [3.63, 3.8) is 0 Å². The van der Waals surface area contributed by atoms with Gasteiger partial charge in [-0.25, -0.2) is 9.59 Å². The lowest BCUT2D eigenvalue weighted by atomic mass is 9.80. The van der Waals surface area contributed by atoms with E-state index in [0.717, 1.165) is 61.9 Å². The molecule has 0 bridgehead atoms. The first-order valence-corrected chi connectivity index (χ1v) is 17.8. The Morgan fingerprint density at radius 1 is 0.816 bits per heavy atom. The number of urea groups is 2. The highest BCUT2D eigenvalue weighted by atomic mass is 32.1. The molecule has 2 fully saturated rings. The maximum absolute atomic E-state index is 13.2. The summed E-state index contributed by atoms with van der Waals surface area (Å²) in [7, 11) is 0. The predicted molar refractivity (Wildman–Crippen MR) is 180 cm³/mol. The predicted octanol–water partition coefficient (Wildman–Crippen LogP) is 3.06. The van der Waals surface area contributed by atoms with Crippen molar-refractivity contribution in [3.05, 3.63) is 79.2 Å². The third kappa shape index (κ3) is 6.35. The number of thiophene rings is 2. The van der Waals surface area contributed by atoms with Crippen LogP contribution in [-0.4, -0.2) is 64.4 Å². The number of rotatable bonds is 8. The van der Waals surface area contributed by atoms with E-state index in [4.69, 9.17) is 5.73 Å². The van der Waals surface area contributed by atoms with Crippen molar-refractivity contribution >= 4 is 64.1 Å². The van der Waals surface area contributed by atoms with E-state index in [2.05, 4.69) is 16.0 Å². The van der Waals surface area contributed by atoms with E-state index >= 15 is 0 Å². The third-order valence-corrected chi connectivity index (χ3v) is 11.3. The molecule has 4 heterocycles. The second kappa shape index (κ2) is 13.6. The lowest BCUT2D eigenvalue weighted by molar-refractivity contribution is -0.133. The number of ketones is 1. The third-order valence-electron chi connectivity index (χ3n) is 9.37. The van der Waals surface area contributed by atoms with Crippen molar-refractivity contribution in [1.82, 2.24) is 25.8 Å². The molecule has 2 spiro atoms. The molecule has 2 aliphatic heterocycles. The number of nitrogens with two attached hydrogens (primary N) is 1. The molecular weight excluding hydrogens is 669 g/mol. The quantitative estimate of drug-likeness (QED) is 0.205. The van der Waals surface area contributed by atoms with Gasteiger partial charge in [0.05, 0.1) is 6.54 Å². The van der Waals surface area contributed by atoms with Crippen molar-refractivity contribution in [3.8, 4) is 0 Å². The van der Waals surface area contributed by atoms with Crippen LogP contribution in [0.25, 0.3) is 0 Å². The summed E-state index contributed by atoms with van der Waals surface area (Å²) in [6, 6.07) is 9.63. The van der Waals surface area contributed by atoms with Crippen LogP contribution >= 0.6 is 22.7 Å². The SMILES string of the molecule is CC(=O)NCc1ccc(C(=O)CN2C(=O)NC3(CCCc4sccc43)C2=O)cc1.NC(=O)CCN1C(=O)NC2(CCCc3sccc32)C1=O. The van der Waals surface area contributed by atoms with Gasteiger partial charge in [0, 0.05) is 52.9 Å². The van der Waals surface area contributed by atoms with E-state index in [9.17, 15) is 33.6 Å². The summed E-state index contributed by atoms with van der Waals surface area (Å²) < 4.78 is 0. The number of fused-ring (bicyclic) bond motifs is 4. The van der Waals surface area contributed by atoms with Gasteiger partial charge in [-0.2, -0.15) is 0 Å². The van der Waals surface area contributed by atoms with Gasteiger partial charge in [0.1, 0.15) is 11.1 Å². The molecule has 2 aliphatic carbocycles. The minimum atomic E-state index is -1.03. The largest absolute Gasteiger partial charge is 0.370 e. The highest BCUT2D eigenvalue weighted by molar-refractivity contribution is 7.10. The number of aryl methyl sites for hydroxylation is 2. The van der Waals surface area contributed by atoms with E-state index in [1.807, 2.05) is 22.9 Å². The number of nitrogens with zero attached hydrogens (tertiary/aromatic N) is 2. The molecule has 2 unspecified atom stereocenters. The number of amides is 8. The van der Waals surface area contributed by atoms with Crippen molar-refractivity contribution in [1.29, 1.82) is 0 Å². The second-order valence-electron chi connectivity index (χ2n) is 12.5. The topological polar surface area (TPSA) is 188 Å². The molecule has 8 amide bonds. The molecule has 2 aromatic heterocycles. The molecule has 13 nitrogen and oxygen atoms in total. The average molecular weight is 705 g/mol. The molecule has 256 valence electrons. The van der Waals surface area contributed by atoms with Crippen LogP contribution in [0.2, 0.25) is 0 Å². The smallest absolute Gasteiger partial charge is 0.325 e. The zero-order chi connectivity index (χ0) is 34.9. The molecule has 1 aromatic carbocycles. The normalized spacial score (nSPS) is 22.3. The van der Waals surface area contributed by atoms with Gasteiger partial charge >= 0.3 is 12.1 Å². The molecule has 2 saturated heterocycles. The monoisotopic (exact) mass is 704 g/mol. The highest BCUT2D eigenvalue weighted by Gasteiger charge is 2.55. The van der Waals surface area contributed by atoms with Gasteiger partial charge in [-0.15, -0.1) is 22.7 Å². The Kier molecular flexibility index (Phi) is 9.40. The van der Waals surface area contributed by atoms with Crippen molar-refractivity contribution in [2.45, 2.75) is 69.5 Å². The summed E-state index contributed by atoms with van der Waals surface area (Å²) in [5, 5.41) is 12.3. The number of benzene rings is 1. The summed E-state index contributed by atoms with van der Waals surface area (Å²) in [6.07, 6.45) is 4.67. The minimum absolute atomic E-state index is 0.00820. The molecule has 15 heteroatoms. The Labute approximate surface area is 290 Å². The van der Waals surface area contributed by atoms with Crippen LogP contribution in [0.15, 0.2) is 47.2 Å². The fourth-order valence-corrected chi connectivity index (χ4v) is 8.92. The molecule has 0 radical (unpaired) electrons. The lowest BCUT2D eigenvalue weighted by Crippen LogP contribution is -2.46. The van der Waals surface area contributed by atoms with Gasteiger partial charge in [0.15, 0.2) is 5.78 Å². The van der Waals surface area contributed by atoms with Crippen molar-refractivity contribution < 1.29 is 33.6 Å². The minimum Gasteiger partial charge on any atom is -0.370 e. The van der Waals surface area contributed by atoms with Crippen LogP contribution in [0.5, 0.6) is 0 Å². The summed E-state index contributed by atoms with van der Waals surface area (Å²) in [4.78, 5) is 89.4. The zero-order valence-electron chi connectivity index (χ0n) is 26.8. The molecule has 5 N–H and O–H groups in total. The van der Waals surface area contributed by atoms with E-state index in [1.165, 1.54) is 6.92 Å². The number of hydrogen-bond acceptors (Lipinski definition) is 9. The van der Waals surface area contributed by atoms with E-state index in [-0.39, 0.29) is 43.0 Å². The van der Waals surface area contributed by atoms with Gasteiger partial charge in [-0.3, -0.25) is 33.8 Å². The number of primary amides is 1. The van der Waals surface area contributed by atoms with Gasteiger partial charge in [0.25, 0.3) is 11.8 Å². The Morgan fingerprint density at radius 3 is 1.88 bits per heavy atom. The molecule has 2 atom stereocenters. The number of hydrogen-bond donors (Lipinski definition) is 4. The number of imide groups is 2.